The van der Waals surface area contributed by atoms with E-state index < -0.39 is 0 Å². The minimum absolute atomic E-state index is 0.631. The zero-order chi connectivity index (χ0) is 12.6. The van der Waals surface area contributed by atoms with E-state index in [0.29, 0.717) is 6.54 Å². The van der Waals surface area contributed by atoms with Gasteiger partial charge in [-0.1, -0.05) is 0 Å². The standard InChI is InChI=1S/C12H19N5/c1-8-10(3)17(7-14-8)12-11(5-6-13)9(2)15-16(12)4/h7H,5-6,13H2,1-4H3. The second-order valence-electron chi connectivity index (χ2n) is 4.34. The molecule has 2 aromatic heterocycles. The predicted molar refractivity (Wildman–Crippen MR) is 67.3 cm³/mol. The van der Waals surface area contributed by atoms with Gasteiger partial charge in [0.1, 0.15) is 12.1 Å². The van der Waals surface area contributed by atoms with Crippen LogP contribution in [0.15, 0.2) is 6.33 Å². The van der Waals surface area contributed by atoms with Gasteiger partial charge in [-0.15, -0.1) is 0 Å². The summed E-state index contributed by atoms with van der Waals surface area (Å²) in [5, 5.41) is 4.47. The number of nitrogens with two attached hydrogens (primary N) is 1. The molecule has 0 aromatic carbocycles. The lowest BCUT2D eigenvalue weighted by Crippen LogP contribution is -2.09. The Morgan fingerprint density at radius 3 is 2.47 bits per heavy atom. The molecule has 2 rings (SSSR count). The number of rotatable bonds is 3. The van der Waals surface area contributed by atoms with Crippen LogP contribution >= 0.6 is 0 Å². The largest absolute Gasteiger partial charge is 0.330 e. The van der Waals surface area contributed by atoms with E-state index in [-0.39, 0.29) is 0 Å². The van der Waals surface area contributed by atoms with Crippen LogP contribution in [0.25, 0.3) is 5.82 Å². The zero-order valence-corrected chi connectivity index (χ0v) is 10.9. The Morgan fingerprint density at radius 1 is 1.24 bits per heavy atom. The van der Waals surface area contributed by atoms with Crippen molar-refractivity contribution in [3.05, 3.63) is 29.0 Å². The highest BCUT2D eigenvalue weighted by Crippen LogP contribution is 2.20. The van der Waals surface area contributed by atoms with Crippen LogP contribution in [0.4, 0.5) is 0 Å². The molecular weight excluding hydrogens is 214 g/mol. The molecule has 0 unspecified atom stereocenters. The molecule has 0 spiro atoms. The van der Waals surface area contributed by atoms with Gasteiger partial charge in [0, 0.05) is 18.3 Å². The van der Waals surface area contributed by atoms with Crippen molar-refractivity contribution in [2.75, 3.05) is 6.54 Å². The number of aryl methyl sites for hydroxylation is 3. The van der Waals surface area contributed by atoms with Gasteiger partial charge >= 0.3 is 0 Å². The van der Waals surface area contributed by atoms with E-state index in [0.717, 1.165) is 29.3 Å². The summed E-state index contributed by atoms with van der Waals surface area (Å²) < 4.78 is 3.98. The molecule has 5 nitrogen and oxygen atoms in total. The number of hydrogen-bond acceptors (Lipinski definition) is 3. The fraction of sp³-hybridized carbons (Fsp3) is 0.500. The second kappa shape index (κ2) is 4.33. The van der Waals surface area contributed by atoms with Crippen molar-refractivity contribution in [3.8, 4) is 5.82 Å². The molecule has 5 heteroatoms. The Balaban J connectivity index is 2.62. The highest BCUT2D eigenvalue weighted by Gasteiger charge is 2.16. The molecular formula is C12H19N5. The molecule has 0 aliphatic rings. The lowest BCUT2D eigenvalue weighted by Gasteiger charge is -2.09. The number of hydrogen-bond donors (Lipinski definition) is 1. The third-order valence-corrected chi connectivity index (χ3v) is 3.19. The first-order chi connectivity index (χ1) is 8.06. The number of nitrogens with zero attached hydrogens (tertiary/aromatic N) is 4. The monoisotopic (exact) mass is 233 g/mol. The van der Waals surface area contributed by atoms with Gasteiger partial charge in [-0.05, 0) is 33.7 Å². The first-order valence-corrected chi connectivity index (χ1v) is 5.79. The SMILES string of the molecule is Cc1nn(C)c(-n2cnc(C)c2C)c1CCN. The minimum Gasteiger partial charge on any atom is -0.330 e. The average molecular weight is 233 g/mol. The summed E-state index contributed by atoms with van der Waals surface area (Å²) in [6.45, 7) is 6.73. The molecule has 92 valence electrons. The first-order valence-electron chi connectivity index (χ1n) is 5.79. The van der Waals surface area contributed by atoms with Crippen LogP contribution in [0, 0.1) is 20.8 Å². The fourth-order valence-corrected chi connectivity index (χ4v) is 2.14. The van der Waals surface area contributed by atoms with E-state index in [2.05, 4.69) is 21.6 Å². The second-order valence-corrected chi connectivity index (χ2v) is 4.34. The molecule has 0 aliphatic heterocycles. The average Bonchev–Trinajstić information content (AvgIpc) is 2.72. The summed E-state index contributed by atoms with van der Waals surface area (Å²) in [6, 6.07) is 0. The van der Waals surface area contributed by atoms with E-state index in [1.54, 1.807) is 0 Å². The lowest BCUT2D eigenvalue weighted by atomic mass is 10.1. The van der Waals surface area contributed by atoms with E-state index in [1.165, 1.54) is 5.56 Å². The Labute approximate surface area is 101 Å². The third kappa shape index (κ3) is 1.86. The van der Waals surface area contributed by atoms with Crippen LogP contribution in [-0.2, 0) is 13.5 Å². The highest BCUT2D eigenvalue weighted by atomic mass is 15.3. The molecule has 0 bridgehead atoms. The smallest absolute Gasteiger partial charge is 0.139 e. The Morgan fingerprint density at radius 2 is 1.94 bits per heavy atom. The maximum atomic E-state index is 5.67. The first kappa shape index (κ1) is 11.9. The quantitative estimate of drug-likeness (QED) is 0.861. The predicted octanol–water partition coefficient (Wildman–Crippen LogP) is 1.03. The zero-order valence-electron chi connectivity index (χ0n) is 10.9. The fourth-order valence-electron chi connectivity index (χ4n) is 2.14. The summed E-state index contributed by atoms with van der Waals surface area (Å²) in [4.78, 5) is 4.33. The van der Waals surface area contributed by atoms with Gasteiger partial charge in [0.05, 0.1) is 11.4 Å². The molecule has 2 N–H and O–H groups in total. The number of imidazole rings is 1. The molecule has 0 fully saturated rings. The minimum atomic E-state index is 0.631. The molecule has 0 amide bonds. The maximum absolute atomic E-state index is 5.67. The molecule has 0 aliphatic carbocycles. The van der Waals surface area contributed by atoms with Crippen LogP contribution in [0.5, 0.6) is 0 Å². The van der Waals surface area contributed by atoms with Gasteiger partial charge < -0.3 is 5.73 Å². The van der Waals surface area contributed by atoms with Crippen molar-refractivity contribution in [2.24, 2.45) is 12.8 Å². The van der Waals surface area contributed by atoms with E-state index in [4.69, 9.17) is 5.73 Å². The van der Waals surface area contributed by atoms with Crippen molar-refractivity contribution < 1.29 is 0 Å². The topological polar surface area (TPSA) is 61.7 Å². The van der Waals surface area contributed by atoms with Gasteiger partial charge in [-0.3, -0.25) is 9.25 Å². The Bertz CT molecular complexity index is 535. The van der Waals surface area contributed by atoms with Gasteiger partial charge in [0.25, 0.3) is 0 Å². The molecule has 2 heterocycles. The summed E-state index contributed by atoms with van der Waals surface area (Å²) in [7, 11) is 1.96. The van der Waals surface area contributed by atoms with Crippen LogP contribution in [0.3, 0.4) is 0 Å². The summed E-state index contributed by atoms with van der Waals surface area (Å²) >= 11 is 0. The van der Waals surface area contributed by atoms with Crippen LogP contribution in [0.2, 0.25) is 0 Å². The van der Waals surface area contributed by atoms with Crippen molar-refractivity contribution in [3.63, 3.8) is 0 Å². The van der Waals surface area contributed by atoms with Crippen molar-refractivity contribution in [2.45, 2.75) is 27.2 Å². The molecule has 2 aromatic rings. The number of aromatic nitrogens is 4. The highest BCUT2D eigenvalue weighted by molar-refractivity contribution is 5.40. The Hall–Kier alpha value is -1.62. The van der Waals surface area contributed by atoms with Crippen molar-refractivity contribution in [1.29, 1.82) is 0 Å². The summed E-state index contributed by atoms with van der Waals surface area (Å²) in [5.41, 5.74) is 10.1. The molecule has 0 atom stereocenters. The Kier molecular flexibility index (Phi) is 3.02. The third-order valence-electron chi connectivity index (χ3n) is 3.19. The van der Waals surface area contributed by atoms with E-state index >= 15 is 0 Å². The maximum Gasteiger partial charge on any atom is 0.139 e. The molecule has 0 saturated carbocycles. The van der Waals surface area contributed by atoms with Crippen molar-refractivity contribution in [1.82, 2.24) is 19.3 Å². The van der Waals surface area contributed by atoms with Crippen LogP contribution in [0.1, 0.15) is 22.6 Å². The molecule has 0 saturated heterocycles. The molecule has 0 radical (unpaired) electrons. The van der Waals surface area contributed by atoms with Crippen molar-refractivity contribution >= 4 is 0 Å². The lowest BCUT2D eigenvalue weighted by molar-refractivity contribution is 0.714. The van der Waals surface area contributed by atoms with Gasteiger partial charge in [0.2, 0.25) is 0 Å². The summed E-state index contributed by atoms with van der Waals surface area (Å²) in [6.07, 6.45) is 2.69. The van der Waals surface area contributed by atoms with Crippen LogP contribution in [-0.4, -0.2) is 25.9 Å². The van der Waals surface area contributed by atoms with E-state index in [1.807, 2.05) is 31.9 Å². The van der Waals surface area contributed by atoms with Crippen LogP contribution < -0.4 is 5.73 Å². The summed E-state index contributed by atoms with van der Waals surface area (Å²) in [5.74, 6) is 1.08. The van der Waals surface area contributed by atoms with Gasteiger partial charge in [-0.2, -0.15) is 5.10 Å². The van der Waals surface area contributed by atoms with Gasteiger partial charge in [0.15, 0.2) is 0 Å². The van der Waals surface area contributed by atoms with Gasteiger partial charge in [-0.25, -0.2) is 4.98 Å². The molecule has 17 heavy (non-hydrogen) atoms. The van der Waals surface area contributed by atoms with E-state index in [9.17, 15) is 0 Å². The normalized spacial score (nSPS) is 11.1.